The Balaban J connectivity index is 2.95. The third-order valence-electron chi connectivity index (χ3n) is 2.15. The molecule has 0 unspecified atom stereocenters. The van der Waals surface area contributed by atoms with Gasteiger partial charge < -0.3 is 10.5 Å². The molecule has 7 heteroatoms. The van der Waals surface area contributed by atoms with Gasteiger partial charge in [0.15, 0.2) is 0 Å². The predicted molar refractivity (Wildman–Crippen MR) is 74.4 cm³/mol. The average molecular weight is 303 g/mol. The fourth-order valence-electron chi connectivity index (χ4n) is 1.31. The topological polar surface area (TPSA) is 81.4 Å². The van der Waals surface area contributed by atoms with Gasteiger partial charge in [0.05, 0.1) is 18.2 Å². The van der Waals surface area contributed by atoms with Crippen LogP contribution in [0.1, 0.15) is 5.56 Å². The summed E-state index contributed by atoms with van der Waals surface area (Å²) in [5.41, 5.74) is 5.87. The van der Waals surface area contributed by atoms with Gasteiger partial charge in [-0.3, -0.25) is 0 Å². The molecule has 1 aromatic carbocycles. The Labute approximate surface area is 118 Å². The molecule has 0 bridgehead atoms. The molecule has 0 atom stereocenters. The molecule has 0 saturated carbocycles. The Morgan fingerprint density at radius 2 is 2.21 bits per heavy atom. The van der Waals surface area contributed by atoms with E-state index in [9.17, 15) is 8.42 Å². The highest BCUT2D eigenvalue weighted by molar-refractivity contribution is 7.89. The molecule has 0 radical (unpaired) electrons. The van der Waals surface area contributed by atoms with Crippen LogP contribution in [0.4, 0.5) is 0 Å². The maximum atomic E-state index is 11.9. The fourth-order valence-corrected chi connectivity index (χ4v) is 2.86. The van der Waals surface area contributed by atoms with Crippen molar-refractivity contribution in [2.24, 2.45) is 5.73 Å². The summed E-state index contributed by atoms with van der Waals surface area (Å²) in [5.74, 6) is 5.45. The molecule has 3 N–H and O–H groups in total. The van der Waals surface area contributed by atoms with Gasteiger partial charge in [-0.1, -0.05) is 23.4 Å². The van der Waals surface area contributed by atoms with E-state index in [2.05, 4.69) is 16.6 Å². The van der Waals surface area contributed by atoms with Crippen LogP contribution in [0, 0.1) is 11.8 Å². The van der Waals surface area contributed by atoms with Gasteiger partial charge in [0.2, 0.25) is 10.0 Å². The predicted octanol–water partition coefficient (Wildman–Crippen LogP) is 0.575. The second kappa shape index (κ2) is 7.48. The lowest BCUT2D eigenvalue weighted by Gasteiger charge is -2.08. The SMILES string of the molecule is COCCNS(=O)(=O)c1ccc(C#CCN)cc1Cl. The van der Waals surface area contributed by atoms with E-state index in [1.807, 2.05) is 0 Å². The minimum Gasteiger partial charge on any atom is -0.383 e. The van der Waals surface area contributed by atoms with Crippen LogP contribution in [0.2, 0.25) is 5.02 Å². The zero-order valence-electron chi connectivity index (χ0n) is 10.4. The molecule has 0 spiro atoms. The van der Waals surface area contributed by atoms with Crippen molar-refractivity contribution in [3.8, 4) is 11.8 Å². The zero-order valence-corrected chi connectivity index (χ0v) is 12.0. The molecule has 0 saturated heterocycles. The molecule has 5 nitrogen and oxygen atoms in total. The minimum absolute atomic E-state index is 0.0172. The highest BCUT2D eigenvalue weighted by Crippen LogP contribution is 2.22. The Bertz CT molecular complexity index is 591. The zero-order chi connectivity index (χ0) is 14.3. The first-order valence-electron chi connectivity index (χ1n) is 5.48. The van der Waals surface area contributed by atoms with E-state index in [-0.39, 0.29) is 29.6 Å². The number of sulfonamides is 1. The first-order valence-corrected chi connectivity index (χ1v) is 7.34. The van der Waals surface area contributed by atoms with E-state index in [1.54, 1.807) is 6.07 Å². The minimum atomic E-state index is -3.64. The van der Waals surface area contributed by atoms with Crippen molar-refractivity contribution in [2.75, 3.05) is 26.8 Å². The molecule has 0 fully saturated rings. The number of nitrogens with one attached hydrogen (secondary N) is 1. The van der Waals surface area contributed by atoms with E-state index < -0.39 is 10.0 Å². The molecule has 0 aliphatic carbocycles. The quantitative estimate of drug-likeness (QED) is 0.616. The summed E-state index contributed by atoms with van der Waals surface area (Å²) >= 11 is 5.96. The normalized spacial score (nSPS) is 10.9. The number of ether oxygens (including phenoxy) is 1. The first kappa shape index (κ1) is 16.0. The second-order valence-electron chi connectivity index (χ2n) is 3.54. The van der Waals surface area contributed by atoms with E-state index in [4.69, 9.17) is 22.1 Å². The summed E-state index contributed by atoms with van der Waals surface area (Å²) in [6.07, 6.45) is 0. The summed E-state index contributed by atoms with van der Waals surface area (Å²) in [6, 6.07) is 4.49. The van der Waals surface area contributed by atoms with E-state index in [0.717, 1.165) is 0 Å². The van der Waals surface area contributed by atoms with E-state index in [0.29, 0.717) is 5.56 Å². The van der Waals surface area contributed by atoms with Gasteiger partial charge in [0.1, 0.15) is 4.90 Å². The largest absolute Gasteiger partial charge is 0.383 e. The van der Waals surface area contributed by atoms with Gasteiger partial charge in [-0.25, -0.2) is 13.1 Å². The highest BCUT2D eigenvalue weighted by Gasteiger charge is 2.17. The third kappa shape index (κ3) is 4.82. The van der Waals surface area contributed by atoms with Gasteiger partial charge in [-0.2, -0.15) is 0 Å². The van der Waals surface area contributed by atoms with Crippen molar-refractivity contribution < 1.29 is 13.2 Å². The van der Waals surface area contributed by atoms with Gasteiger partial charge in [-0.15, -0.1) is 0 Å². The maximum absolute atomic E-state index is 11.9. The number of methoxy groups -OCH3 is 1. The number of benzene rings is 1. The summed E-state index contributed by atoms with van der Waals surface area (Å²) in [4.78, 5) is 0.0172. The van der Waals surface area contributed by atoms with E-state index >= 15 is 0 Å². The molecule has 1 rings (SSSR count). The van der Waals surface area contributed by atoms with Crippen LogP contribution in [0.5, 0.6) is 0 Å². The van der Waals surface area contributed by atoms with E-state index in [1.165, 1.54) is 19.2 Å². The van der Waals surface area contributed by atoms with Crippen molar-refractivity contribution in [1.29, 1.82) is 0 Å². The monoisotopic (exact) mass is 302 g/mol. The van der Waals surface area contributed by atoms with Crippen molar-refractivity contribution in [2.45, 2.75) is 4.90 Å². The van der Waals surface area contributed by atoms with Crippen LogP contribution in [0.15, 0.2) is 23.1 Å². The van der Waals surface area contributed by atoms with Gasteiger partial charge in [0.25, 0.3) is 0 Å². The average Bonchev–Trinajstić information content (AvgIpc) is 2.36. The van der Waals surface area contributed by atoms with Crippen LogP contribution < -0.4 is 10.5 Å². The lowest BCUT2D eigenvalue weighted by molar-refractivity contribution is 0.204. The van der Waals surface area contributed by atoms with Gasteiger partial charge in [-0.05, 0) is 18.2 Å². The summed E-state index contributed by atoms with van der Waals surface area (Å²) < 4.78 is 31.1. The van der Waals surface area contributed by atoms with Crippen LogP contribution in [0.25, 0.3) is 0 Å². The summed E-state index contributed by atoms with van der Waals surface area (Å²) in [7, 11) is -2.14. The number of hydrogen-bond acceptors (Lipinski definition) is 4. The Morgan fingerprint density at radius 1 is 1.47 bits per heavy atom. The van der Waals surface area contributed by atoms with Crippen LogP contribution in [-0.2, 0) is 14.8 Å². The summed E-state index contributed by atoms with van der Waals surface area (Å²) in [5, 5.41) is 0.119. The molecular weight excluding hydrogens is 288 g/mol. The molecule has 104 valence electrons. The van der Waals surface area contributed by atoms with Crippen molar-refractivity contribution in [3.63, 3.8) is 0 Å². The Hall–Kier alpha value is -1.10. The Kier molecular flexibility index (Phi) is 6.28. The summed E-state index contributed by atoms with van der Waals surface area (Å²) in [6.45, 7) is 0.705. The molecule has 1 aromatic rings. The number of halogens is 1. The second-order valence-corrected chi connectivity index (χ2v) is 5.68. The maximum Gasteiger partial charge on any atom is 0.242 e. The molecule has 19 heavy (non-hydrogen) atoms. The molecule has 0 aliphatic rings. The smallest absolute Gasteiger partial charge is 0.242 e. The van der Waals surface area contributed by atoms with Crippen LogP contribution in [0.3, 0.4) is 0 Å². The number of rotatable bonds is 5. The van der Waals surface area contributed by atoms with Crippen molar-refractivity contribution in [3.05, 3.63) is 28.8 Å². The molecule has 0 aromatic heterocycles. The molecule has 0 heterocycles. The molecular formula is C12H15ClN2O3S. The van der Waals surface area contributed by atoms with Gasteiger partial charge >= 0.3 is 0 Å². The molecule has 0 amide bonds. The first-order chi connectivity index (χ1) is 9.01. The lowest BCUT2D eigenvalue weighted by atomic mass is 10.2. The van der Waals surface area contributed by atoms with Crippen LogP contribution in [-0.4, -0.2) is 35.2 Å². The third-order valence-corrected chi connectivity index (χ3v) is 4.10. The molecule has 0 aliphatic heterocycles. The highest BCUT2D eigenvalue weighted by atomic mass is 35.5. The standard InChI is InChI=1S/C12H15ClN2O3S/c1-18-8-7-15-19(16,17)12-5-4-10(3-2-6-14)9-11(12)13/h4-5,9,15H,6-8,14H2,1H3. The number of nitrogens with two attached hydrogens (primary N) is 1. The Morgan fingerprint density at radius 3 is 2.79 bits per heavy atom. The number of hydrogen-bond donors (Lipinski definition) is 2. The van der Waals surface area contributed by atoms with Crippen molar-refractivity contribution >= 4 is 21.6 Å². The fraction of sp³-hybridized carbons (Fsp3) is 0.333. The van der Waals surface area contributed by atoms with Crippen molar-refractivity contribution in [1.82, 2.24) is 4.72 Å². The lowest BCUT2D eigenvalue weighted by Crippen LogP contribution is -2.27. The van der Waals surface area contributed by atoms with Gasteiger partial charge in [0, 0.05) is 19.2 Å². The van der Waals surface area contributed by atoms with Crippen LogP contribution >= 0.6 is 11.6 Å².